The Balaban J connectivity index is 2.84. The second-order valence-corrected chi connectivity index (χ2v) is 3.61. The van der Waals surface area contributed by atoms with Gasteiger partial charge < -0.3 is 15.9 Å². The highest BCUT2D eigenvalue weighted by atomic mass is 16.4. The van der Waals surface area contributed by atoms with E-state index in [-0.39, 0.29) is 12.8 Å². The summed E-state index contributed by atoms with van der Waals surface area (Å²) in [4.78, 5) is 10.8. The third-order valence-corrected chi connectivity index (χ3v) is 2.46. The molecule has 4 heteroatoms. The first-order chi connectivity index (χ1) is 6.98. The topological polar surface area (TPSA) is 83.5 Å². The summed E-state index contributed by atoms with van der Waals surface area (Å²) in [5.74, 6) is -1.19. The van der Waals surface area contributed by atoms with Crippen LogP contribution in [0.2, 0.25) is 0 Å². The highest BCUT2D eigenvalue weighted by molar-refractivity contribution is 5.77. The molecule has 4 nitrogen and oxygen atoms in total. The molecule has 1 rings (SSSR count). The average molecular weight is 209 g/mol. The molecule has 0 fully saturated rings. The Labute approximate surface area is 88.3 Å². The van der Waals surface area contributed by atoms with E-state index in [4.69, 9.17) is 10.8 Å². The summed E-state index contributed by atoms with van der Waals surface area (Å²) < 4.78 is 0. The fraction of sp³-hybridized carbons (Fsp3) is 0.364. The molecule has 1 unspecified atom stereocenters. The van der Waals surface area contributed by atoms with Crippen LogP contribution in [-0.4, -0.2) is 21.8 Å². The van der Waals surface area contributed by atoms with E-state index in [0.717, 1.165) is 5.56 Å². The Hall–Kier alpha value is -1.55. The molecule has 0 bridgehead atoms. The fourth-order valence-electron chi connectivity index (χ4n) is 1.33. The van der Waals surface area contributed by atoms with Crippen molar-refractivity contribution in [3.63, 3.8) is 0 Å². The minimum Gasteiger partial charge on any atom is -0.479 e. The largest absolute Gasteiger partial charge is 0.479 e. The molecular formula is C11H15NO3. The molecule has 82 valence electrons. The Morgan fingerprint density at radius 1 is 1.40 bits per heavy atom. The lowest BCUT2D eigenvalue weighted by molar-refractivity contribution is -0.158. The summed E-state index contributed by atoms with van der Waals surface area (Å²) >= 11 is 0. The van der Waals surface area contributed by atoms with E-state index in [1.165, 1.54) is 0 Å². The van der Waals surface area contributed by atoms with Crippen LogP contribution in [0.4, 0.5) is 5.69 Å². The van der Waals surface area contributed by atoms with E-state index in [1.54, 1.807) is 31.2 Å². The van der Waals surface area contributed by atoms with Crippen molar-refractivity contribution in [1.82, 2.24) is 0 Å². The lowest BCUT2D eigenvalue weighted by Crippen LogP contribution is -2.40. The van der Waals surface area contributed by atoms with Crippen LogP contribution in [0.3, 0.4) is 0 Å². The number of hydrogen-bond donors (Lipinski definition) is 3. The van der Waals surface area contributed by atoms with Gasteiger partial charge in [0.15, 0.2) is 5.60 Å². The van der Waals surface area contributed by atoms with Crippen molar-refractivity contribution < 1.29 is 15.0 Å². The van der Waals surface area contributed by atoms with Gasteiger partial charge in [0.05, 0.1) is 0 Å². The third-order valence-electron chi connectivity index (χ3n) is 2.46. The molecule has 0 aliphatic carbocycles. The number of nitrogen functional groups attached to an aromatic ring is 1. The van der Waals surface area contributed by atoms with Crippen molar-refractivity contribution in [3.05, 3.63) is 29.8 Å². The smallest absolute Gasteiger partial charge is 0.336 e. The number of benzene rings is 1. The fourth-order valence-corrected chi connectivity index (χ4v) is 1.33. The van der Waals surface area contributed by atoms with Gasteiger partial charge in [0, 0.05) is 12.1 Å². The summed E-state index contributed by atoms with van der Waals surface area (Å²) in [5, 5.41) is 18.7. The number of carbonyl (C=O) groups is 1. The molecule has 0 saturated heterocycles. The van der Waals surface area contributed by atoms with E-state index in [9.17, 15) is 9.90 Å². The van der Waals surface area contributed by atoms with Gasteiger partial charge in [0.1, 0.15) is 0 Å². The lowest BCUT2D eigenvalue weighted by Gasteiger charge is -2.21. The highest BCUT2D eigenvalue weighted by Gasteiger charge is 2.33. The standard InChI is InChI=1S/C11H15NO3/c1-2-11(15,10(13)14)7-8-3-5-9(12)6-4-8/h3-6,15H,2,7,12H2,1H3,(H,13,14). The summed E-state index contributed by atoms with van der Waals surface area (Å²) in [6.07, 6.45) is 0.270. The van der Waals surface area contributed by atoms with Crippen LogP contribution in [0.5, 0.6) is 0 Å². The Bertz CT molecular complexity index is 347. The molecule has 0 aliphatic rings. The molecule has 0 radical (unpaired) electrons. The zero-order chi connectivity index (χ0) is 11.5. The molecule has 0 heterocycles. The molecule has 1 atom stereocenters. The van der Waals surface area contributed by atoms with Crippen LogP contribution in [-0.2, 0) is 11.2 Å². The molecule has 1 aromatic carbocycles. The zero-order valence-electron chi connectivity index (χ0n) is 8.60. The maximum Gasteiger partial charge on any atom is 0.336 e. The van der Waals surface area contributed by atoms with E-state index in [2.05, 4.69) is 0 Å². The zero-order valence-corrected chi connectivity index (χ0v) is 8.60. The number of carboxylic acid groups (broad SMARTS) is 1. The first kappa shape index (κ1) is 11.5. The Morgan fingerprint density at radius 2 is 1.93 bits per heavy atom. The molecule has 0 amide bonds. The number of nitrogens with two attached hydrogens (primary N) is 1. The van der Waals surface area contributed by atoms with Gasteiger partial charge in [-0.3, -0.25) is 0 Å². The molecule has 0 spiro atoms. The first-order valence-corrected chi connectivity index (χ1v) is 4.78. The van der Waals surface area contributed by atoms with E-state index < -0.39 is 11.6 Å². The summed E-state index contributed by atoms with van der Waals surface area (Å²) in [5.41, 5.74) is 5.20. The highest BCUT2D eigenvalue weighted by Crippen LogP contribution is 2.18. The second kappa shape index (κ2) is 4.31. The number of anilines is 1. The van der Waals surface area contributed by atoms with Gasteiger partial charge >= 0.3 is 5.97 Å². The quantitative estimate of drug-likeness (QED) is 0.647. The molecule has 0 aromatic heterocycles. The van der Waals surface area contributed by atoms with Gasteiger partial charge in [-0.15, -0.1) is 0 Å². The van der Waals surface area contributed by atoms with Crippen molar-refractivity contribution in [1.29, 1.82) is 0 Å². The summed E-state index contributed by atoms with van der Waals surface area (Å²) in [6, 6.07) is 6.82. The summed E-state index contributed by atoms with van der Waals surface area (Å²) in [7, 11) is 0. The van der Waals surface area contributed by atoms with Crippen LogP contribution in [0.25, 0.3) is 0 Å². The molecule has 15 heavy (non-hydrogen) atoms. The second-order valence-electron chi connectivity index (χ2n) is 3.61. The Kier molecular flexibility index (Phi) is 3.31. The Morgan fingerprint density at radius 3 is 2.33 bits per heavy atom. The van der Waals surface area contributed by atoms with Crippen molar-refractivity contribution in [2.75, 3.05) is 5.73 Å². The lowest BCUT2D eigenvalue weighted by atomic mass is 9.92. The van der Waals surface area contributed by atoms with Gasteiger partial charge in [-0.1, -0.05) is 19.1 Å². The van der Waals surface area contributed by atoms with E-state index >= 15 is 0 Å². The number of hydrogen-bond acceptors (Lipinski definition) is 3. The first-order valence-electron chi connectivity index (χ1n) is 4.78. The van der Waals surface area contributed by atoms with E-state index in [0.29, 0.717) is 5.69 Å². The van der Waals surface area contributed by atoms with Crippen LogP contribution in [0, 0.1) is 0 Å². The average Bonchev–Trinajstić information content (AvgIpc) is 2.21. The van der Waals surface area contributed by atoms with Crippen LogP contribution in [0.15, 0.2) is 24.3 Å². The van der Waals surface area contributed by atoms with Crippen LogP contribution < -0.4 is 5.73 Å². The minimum absolute atomic E-state index is 0.0963. The normalized spacial score (nSPS) is 14.5. The van der Waals surface area contributed by atoms with Crippen molar-refractivity contribution in [2.45, 2.75) is 25.4 Å². The van der Waals surface area contributed by atoms with Crippen molar-refractivity contribution in [2.24, 2.45) is 0 Å². The monoisotopic (exact) mass is 209 g/mol. The van der Waals surface area contributed by atoms with Gasteiger partial charge in [0.25, 0.3) is 0 Å². The van der Waals surface area contributed by atoms with Gasteiger partial charge in [-0.2, -0.15) is 0 Å². The van der Waals surface area contributed by atoms with Gasteiger partial charge in [-0.05, 0) is 24.1 Å². The van der Waals surface area contributed by atoms with Gasteiger partial charge in [0.2, 0.25) is 0 Å². The van der Waals surface area contributed by atoms with Gasteiger partial charge in [-0.25, -0.2) is 4.79 Å². The number of aliphatic carboxylic acids is 1. The predicted octanol–water partition coefficient (Wildman–Crippen LogP) is 1.04. The molecular weight excluding hydrogens is 194 g/mol. The number of carboxylic acids is 1. The summed E-state index contributed by atoms with van der Waals surface area (Å²) in [6.45, 7) is 1.64. The molecule has 1 aromatic rings. The number of rotatable bonds is 4. The molecule has 0 aliphatic heterocycles. The van der Waals surface area contributed by atoms with Crippen LogP contribution in [0.1, 0.15) is 18.9 Å². The maximum absolute atomic E-state index is 10.8. The van der Waals surface area contributed by atoms with Crippen molar-refractivity contribution in [3.8, 4) is 0 Å². The molecule has 0 saturated carbocycles. The third kappa shape index (κ3) is 2.70. The molecule has 4 N–H and O–H groups in total. The van der Waals surface area contributed by atoms with E-state index in [1.807, 2.05) is 0 Å². The SMILES string of the molecule is CCC(O)(Cc1ccc(N)cc1)C(=O)O. The number of aliphatic hydroxyl groups is 1. The minimum atomic E-state index is -1.68. The maximum atomic E-state index is 10.8. The predicted molar refractivity (Wildman–Crippen MR) is 57.4 cm³/mol. The van der Waals surface area contributed by atoms with Crippen LogP contribution >= 0.6 is 0 Å². The van der Waals surface area contributed by atoms with Crippen molar-refractivity contribution >= 4 is 11.7 Å².